The fraction of sp³-hybridized carbons (Fsp3) is 0.0714. The molecule has 0 saturated carbocycles. The predicted octanol–water partition coefficient (Wildman–Crippen LogP) is 4.13. The van der Waals surface area contributed by atoms with Crippen LogP contribution in [0.3, 0.4) is 0 Å². The smallest absolute Gasteiger partial charge is 0.141 e. The Balaban J connectivity index is 2.25. The first-order valence-electron chi connectivity index (χ1n) is 5.27. The molecule has 2 aromatic rings. The van der Waals surface area contributed by atoms with Gasteiger partial charge in [-0.3, -0.25) is 0 Å². The Kier molecular flexibility index (Phi) is 3.79. The molecule has 2 rings (SSSR count). The number of anilines is 1. The minimum Gasteiger partial charge on any atom is -0.366 e. The van der Waals surface area contributed by atoms with Crippen molar-refractivity contribution in [1.82, 2.24) is 0 Å². The van der Waals surface area contributed by atoms with Gasteiger partial charge in [-0.2, -0.15) is 5.26 Å². The molecule has 1 N–H and O–H groups in total. The van der Waals surface area contributed by atoms with Crippen molar-refractivity contribution < 1.29 is 0 Å². The summed E-state index contributed by atoms with van der Waals surface area (Å²) in [4.78, 5) is 0. The number of nitriles is 1. The molecule has 17 heavy (non-hydrogen) atoms. The van der Waals surface area contributed by atoms with Crippen molar-refractivity contribution in [3.05, 3.63) is 64.6 Å². The third-order valence-corrected chi connectivity index (χ3v) is 3.15. The topological polar surface area (TPSA) is 35.8 Å². The molecular formula is C14H11BrN2. The van der Waals surface area contributed by atoms with Crippen LogP contribution in [0.4, 0.5) is 5.69 Å². The third-order valence-electron chi connectivity index (χ3n) is 2.43. The van der Waals surface area contributed by atoms with Gasteiger partial charge in [-0.25, -0.2) is 0 Å². The second kappa shape index (κ2) is 5.51. The number of nitrogens with one attached hydrogen (secondary N) is 1. The van der Waals surface area contributed by atoms with Crippen LogP contribution >= 0.6 is 15.9 Å². The molecule has 3 heteroatoms. The molecule has 2 nitrogen and oxygen atoms in total. The second-order valence-corrected chi connectivity index (χ2v) is 4.45. The summed E-state index contributed by atoms with van der Waals surface area (Å²) in [5.74, 6) is 0. The second-order valence-electron chi connectivity index (χ2n) is 3.59. The Morgan fingerprint density at radius 1 is 1.00 bits per heavy atom. The summed E-state index contributed by atoms with van der Waals surface area (Å²) >= 11 is 3.46. The van der Waals surface area contributed by atoms with Gasteiger partial charge in [0.25, 0.3) is 0 Å². The van der Waals surface area contributed by atoms with Crippen LogP contribution < -0.4 is 5.32 Å². The highest BCUT2D eigenvalue weighted by atomic mass is 79.9. The number of hydrogen-bond acceptors (Lipinski definition) is 2. The van der Waals surface area contributed by atoms with Gasteiger partial charge in [0.05, 0.1) is 6.07 Å². The first kappa shape index (κ1) is 11.7. The highest BCUT2D eigenvalue weighted by Crippen LogP contribution is 2.25. The Hall–Kier alpha value is -1.79. The van der Waals surface area contributed by atoms with Crippen LogP contribution in [0.1, 0.15) is 11.6 Å². The molecule has 1 unspecified atom stereocenters. The molecule has 2 aromatic carbocycles. The number of para-hydroxylation sites is 1. The highest BCUT2D eigenvalue weighted by molar-refractivity contribution is 9.10. The van der Waals surface area contributed by atoms with Crippen LogP contribution in [0, 0.1) is 11.3 Å². The van der Waals surface area contributed by atoms with Gasteiger partial charge in [-0.1, -0.05) is 52.3 Å². The van der Waals surface area contributed by atoms with Crippen molar-refractivity contribution in [3.63, 3.8) is 0 Å². The van der Waals surface area contributed by atoms with Crippen LogP contribution in [0.15, 0.2) is 59.1 Å². The van der Waals surface area contributed by atoms with E-state index in [0.29, 0.717) is 0 Å². The van der Waals surface area contributed by atoms with Crippen molar-refractivity contribution in [2.75, 3.05) is 5.32 Å². The molecule has 0 aliphatic carbocycles. The van der Waals surface area contributed by atoms with Crippen LogP contribution in [-0.2, 0) is 0 Å². The Labute approximate surface area is 109 Å². The summed E-state index contributed by atoms with van der Waals surface area (Å²) in [6, 6.07) is 19.4. The standard InChI is InChI=1S/C14H11BrN2/c15-13-9-5-4-8-12(13)14(10-16)17-11-6-2-1-3-7-11/h1-9,14,17H. The summed E-state index contributed by atoms with van der Waals surface area (Å²) in [5.41, 5.74) is 1.88. The molecule has 0 heterocycles. The molecule has 0 radical (unpaired) electrons. The van der Waals surface area contributed by atoms with Crippen molar-refractivity contribution in [3.8, 4) is 6.07 Å². The van der Waals surface area contributed by atoms with Crippen LogP contribution in [0.25, 0.3) is 0 Å². The molecule has 0 amide bonds. The van der Waals surface area contributed by atoms with E-state index in [-0.39, 0.29) is 6.04 Å². The molecule has 0 aliphatic rings. The van der Waals surface area contributed by atoms with Gasteiger partial charge in [0, 0.05) is 15.7 Å². The summed E-state index contributed by atoms with van der Waals surface area (Å²) in [6.07, 6.45) is 0. The van der Waals surface area contributed by atoms with Gasteiger partial charge >= 0.3 is 0 Å². The number of halogens is 1. The number of hydrogen-bond donors (Lipinski definition) is 1. The summed E-state index contributed by atoms with van der Waals surface area (Å²) in [7, 11) is 0. The van der Waals surface area contributed by atoms with Gasteiger partial charge in [-0.05, 0) is 18.2 Å². The van der Waals surface area contributed by atoms with E-state index in [0.717, 1.165) is 15.7 Å². The summed E-state index contributed by atoms with van der Waals surface area (Å²) < 4.78 is 0.940. The minimum atomic E-state index is -0.354. The van der Waals surface area contributed by atoms with E-state index >= 15 is 0 Å². The van der Waals surface area contributed by atoms with E-state index in [1.807, 2.05) is 54.6 Å². The van der Waals surface area contributed by atoms with Gasteiger partial charge in [0.2, 0.25) is 0 Å². The fourth-order valence-corrected chi connectivity index (χ4v) is 2.10. The van der Waals surface area contributed by atoms with Crippen molar-refractivity contribution >= 4 is 21.6 Å². The first-order chi connectivity index (χ1) is 8.31. The van der Waals surface area contributed by atoms with Crippen molar-refractivity contribution in [2.45, 2.75) is 6.04 Å². The van der Waals surface area contributed by atoms with E-state index in [1.54, 1.807) is 0 Å². The van der Waals surface area contributed by atoms with Crippen LogP contribution in [0.2, 0.25) is 0 Å². The SMILES string of the molecule is N#CC(Nc1ccccc1)c1ccccc1Br. The van der Waals surface area contributed by atoms with Crippen molar-refractivity contribution in [2.24, 2.45) is 0 Å². The first-order valence-corrected chi connectivity index (χ1v) is 6.06. The van der Waals surface area contributed by atoms with Gasteiger partial charge in [0.1, 0.15) is 6.04 Å². The zero-order valence-electron chi connectivity index (χ0n) is 9.10. The average Bonchev–Trinajstić information content (AvgIpc) is 2.38. The number of rotatable bonds is 3. The summed E-state index contributed by atoms with van der Waals surface area (Å²) in [5, 5.41) is 12.4. The zero-order valence-corrected chi connectivity index (χ0v) is 10.7. The maximum absolute atomic E-state index is 9.23. The van der Waals surface area contributed by atoms with E-state index in [2.05, 4.69) is 27.3 Å². The lowest BCUT2D eigenvalue weighted by atomic mass is 10.1. The Bertz CT molecular complexity index is 531. The van der Waals surface area contributed by atoms with E-state index in [4.69, 9.17) is 0 Å². The average molecular weight is 287 g/mol. The molecule has 0 aromatic heterocycles. The number of benzene rings is 2. The van der Waals surface area contributed by atoms with E-state index in [9.17, 15) is 5.26 Å². The molecule has 0 aliphatic heterocycles. The normalized spacial score (nSPS) is 11.5. The van der Waals surface area contributed by atoms with Gasteiger partial charge < -0.3 is 5.32 Å². The third kappa shape index (κ3) is 2.86. The lowest BCUT2D eigenvalue weighted by Gasteiger charge is -2.14. The van der Waals surface area contributed by atoms with Gasteiger partial charge in [-0.15, -0.1) is 0 Å². The maximum atomic E-state index is 9.23. The fourth-order valence-electron chi connectivity index (χ4n) is 1.59. The van der Waals surface area contributed by atoms with Gasteiger partial charge in [0.15, 0.2) is 0 Å². The minimum absolute atomic E-state index is 0.354. The molecule has 0 saturated heterocycles. The van der Waals surface area contributed by atoms with Crippen molar-refractivity contribution in [1.29, 1.82) is 5.26 Å². The lowest BCUT2D eigenvalue weighted by Crippen LogP contribution is -2.08. The Morgan fingerprint density at radius 3 is 2.29 bits per heavy atom. The highest BCUT2D eigenvalue weighted by Gasteiger charge is 2.12. The van der Waals surface area contributed by atoms with Crippen LogP contribution in [-0.4, -0.2) is 0 Å². The maximum Gasteiger partial charge on any atom is 0.141 e. The molecule has 1 atom stereocenters. The Morgan fingerprint density at radius 2 is 1.65 bits per heavy atom. The quantitative estimate of drug-likeness (QED) is 0.921. The zero-order chi connectivity index (χ0) is 12.1. The molecule has 0 spiro atoms. The van der Waals surface area contributed by atoms with E-state index < -0.39 is 0 Å². The molecule has 0 bridgehead atoms. The molecule has 0 fully saturated rings. The van der Waals surface area contributed by atoms with E-state index in [1.165, 1.54) is 0 Å². The largest absolute Gasteiger partial charge is 0.366 e. The predicted molar refractivity (Wildman–Crippen MR) is 72.6 cm³/mol. The monoisotopic (exact) mass is 286 g/mol. The lowest BCUT2D eigenvalue weighted by molar-refractivity contribution is 0.990. The molecular weight excluding hydrogens is 276 g/mol. The summed E-state index contributed by atoms with van der Waals surface area (Å²) in [6.45, 7) is 0. The molecule has 84 valence electrons. The number of nitrogens with zero attached hydrogens (tertiary/aromatic N) is 1. The van der Waals surface area contributed by atoms with Crippen LogP contribution in [0.5, 0.6) is 0 Å².